The lowest BCUT2D eigenvalue weighted by Gasteiger charge is -2.43. The normalized spacial score (nSPS) is 17.7. The molecule has 1 N–H and O–H groups in total. The molecule has 0 bridgehead atoms. The molecule has 2 atom stereocenters. The third-order valence-corrected chi connectivity index (χ3v) is 5.49. The molecule has 3 aromatic rings. The van der Waals surface area contributed by atoms with Crippen LogP contribution in [0.2, 0.25) is 0 Å². The quantitative estimate of drug-likeness (QED) is 0.622. The number of nitrogens with zero attached hydrogens (tertiary/aromatic N) is 2. The van der Waals surface area contributed by atoms with Crippen LogP contribution in [0.15, 0.2) is 84.9 Å². The van der Waals surface area contributed by atoms with Gasteiger partial charge in [0.15, 0.2) is 0 Å². The predicted octanol–water partition coefficient (Wildman–Crippen LogP) is 5.61. The molecule has 0 saturated carbocycles. The van der Waals surface area contributed by atoms with Crippen molar-refractivity contribution in [2.45, 2.75) is 32.4 Å². The highest BCUT2D eigenvalue weighted by Crippen LogP contribution is 2.42. The van der Waals surface area contributed by atoms with Gasteiger partial charge in [0.25, 0.3) is 0 Å². The second kappa shape index (κ2) is 8.41. The standard InChI is InChI=1S/C25H25N3O2/c1-18-17-24(22-15-9-10-16-23(22)27(18)19(2)29)28(21-13-7-4-8-14-21)25(30)26-20-11-5-3-6-12-20/h3-16,18,24H,17H2,1-2H3,(H,26,30)/t18-,24+/m1/s1. The number of benzene rings is 3. The number of hydrogen-bond donors (Lipinski definition) is 1. The molecule has 0 aromatic heterocycles. The van der Waals surface area contributed by atoms with Gasteiger partial charge in [-0.05, 0) is 49.2 Å². The van der Waals surface area contributed by atoms with Crippen molar-refractivity contribution in [2.75, 3.05) is 15.1 Å². The van der Waals surface area contributed by atoms with E-state index >= 15 is 0 Å². The minimum absolute atomic E-state index is 0.00778. The fourth-order valence-electron chi connectivity index (χ4n) is 4.24. The number of anilines is 3. The maximum Gasteiger partial charge on any atom is 0.326 e. The summed E-state index contributed by atoms with van der Waals surface area (Å²) in [5, 5.41) is 3.02. The SMILES string of the molecule is CC(=O)N1c2ccccc2[C@@H](N(C(=O)Nc2ccccc2)c2ccccc2)C[C@H]1C. The van der Waals surface area contributed by atoms with Gasteiger partial charge in [-0.25, -0.2) is 4.79 Å². The minimum atomic E-state index is -0.198. The molecular formula is C25H25N3O2. The molecule has 0 aliphatic carbocycles. The van der Waals surface area contributed by atoms with Gasteiger partial charge >= 0.3 is 6.03 Å². The second-order valence-electron chi connectivity index (χ2n) is 7.55. The van der Waals surface area contributed by atoms with E-state index in [0.717, 1.165) is 22.6 Å². The van der Waals surface area contributed by atoms with Crippen molar-refractivity contribution in [3.8, 4) is 0 Å². The lowest BCUT2D eigenvalue weighted by molar-refractivity contribution is -0.117. The third kappa shape index (κ3) is 3.79. The highest BCUT2D eigenvalue weighted by molar-refractivity contribution is 6.03. The molecule has 3 amide bonds. The van der Waals surface area contributed by atoms with Crippen LogP contribution in [-0.4, -0.2) is 18.0 Å². The molecule has 1 aliphatic rings. The van der Waals surface area contributed by atoms with E-state index in [1.165, 1.54) is 0 Å². The summed E-state index contributed by atoms with van der Waals surface area (Å²) in [6, 6.07) is 26.5. The molecular weight excluding hydrogens is 374 g/mol. The predicted molar refractivity (Wildman–Crippen MR) is 121 cm³/mol. The van der Waals surface area contributed by atoms with Crippen molar-refractivity contribution >= 4 is 29.0 Å². The molecule has 0 fully saturated rings. The van der Waals surface area contributed by atoms with Crippen LogP contribution in [0, 0.1) is 0 Å². The monoisotopic (exact) mass is 399 g/mol. The number of carbonyl (C=O) groups excluding carboxylic acids is 2. The van der Waals surface area contributed by atoms with E-state index in [2.05, 4.69) is 5.32 Å². The van der Waals surface area contributed by atoms with Gasteiger partial charge in [0.2, 0.25) is 5.91 Å². The zero-order valence-corrected chi connectivity index (χ0v) is 17.2. The molecule has 0 saturated heterocycles. The molecule has 5 nitrogen and oxygen atoms in total. The minimum Gasteiger partial charge on any atom is -0.309 e. The Bertz CT molecular complexity index is 1040. The number of amides is 3. The summed E-state index contributed by atoms with van der Waals surface area (Å²) in [5.41, 5.74) is 3.39. The van der Waals surface area contributed by atoms with Gasteiger partial charge < -0.3 is 10.2 Å². The summed E-state index contributed by atoms with van der Waals surface area (Å²) in [5.74, 6) is 0.00778. The fourth-order valence-corrected chi connectivity index (χ4v) is 4.24. The summed E-state index contributed by atoms with van der Waals surface area (Å²) >= 11 is 0. The maximum absolute atomic E-state index is 13.5. The number of hydrogen-bond acceptors (Lipinski definition) is 2. The highest BCUT2D eigenvalue weighted by Gasteiger charge is 2.37. The van der Waals surface area contributed by atoms with Crippen molar-refractivity contribution in [3.63, 3.8) is 0 Å². The molecule has 1 aliphatic heterocycles. The van der Waals surface area contributed by atoms with Crippen LogP contribution in [0.1, 0.15) is 31.9 Å². The van der Waals surface area contributed by atoms with E-state index in [0.29, 0.717) is 6.42 Å². The topological polar surface area (TPSA) is 52.7 Å². The maximum atomic E-state index is 13.5. The summed E-state index contributed by atoms with van der Waals surface area (Å²) in [6.45, 7) is 3.62. The Labute approximate surface area is 176 Å². The first-order valence-corrected chi connectivity index (χ1v) is 10.2. The summed E-state index contributed by atoms with van der Waals surface area (Å²) in [6.07, 6.45) is 0.647. The van der Waals surface area contributed by atoms with E-state index < -0.39 is 0 Å². The first kappa shape index (κ1) is 19.7. The first-order valence-electron chi connectivity index (χ1n) is 10.2. The van der Waals surface area contributed by atoms with Crippen molar-refractivity contribution < 1.29 is 9.59 Å². The number of fused-ring (bicyclic) bond motifs is 1. The van der Waals surface area contributed by atoms with Crippen LogP contribution in [0.5, 0.6) is 0 Å². The Morgan fingerprint density at radius 1 is 0.900 bits per heavy atom. The Hall–Kier alpha value is -3.60. The Kier molecular flexibility index (Phi) is 5.53. The van der Waals surface area contributed by atoms with Crippen molar-refractivity contribution in [1.82, 2.24) is 0 Å². The number of rotatable bonds is 3. The average Bonchev–Trinajstić information content (AvgIpc) is 2.75. The molecule has 0 spiro atoms. The van der Waals surface area contributed by atoms with Crippen LogP contribution in [0.4, 0.5) is 21.9 Å². The number of carbonyl (C=O) groups is 2. The van der Waals surface area contributed by atoms with Gasteiger partial charge in [0.1, 0.15) is 0 Å². The Balaban J connectivity index is 1.78. The van der Waals surface area contributed by atoms with Crippen LogP contribution >= 0.6 is 0 Å². The second-order valence-corrected chi connectivity index (χ2v) is 7.55. The van der Waals surface area contributed by atoms with E-state index in [9.17, 15) is 9.59 Å². The molecule has 0 radical (unpaired) electrons. The molecule has 5 heteroatoms. The van der Waals surface area contributed by atoms with Gasteiger partial charge in [-0.3, -0.25) is 9.69 Å². The van der Waals surface area contributed by atoms with Crippen molar-refractivity contribution in [3.05, 3.63) is 90.5 Å². The lowest BCUT2D eigenvalue weighted by Crippen LogP contribution is -2.48. The van der Waals surface area contributed by atoms with E-state index in [-0.39, 0.29) is 24.0 Å². The molecule has 0 unspecified atom stereocenters. The van der Waals surface area contributed by atoms with Gasteiger partial charge in [0.05, 0.1) is 6.04 Å². The van der Waals surface area contributed by atoms with Gasteiger partial charge in [-0.15, -0.1) is 0 Å². The number of urea groups is 1. The number of para-hydroxylation sites is 3. The lowest BCUT2D eigenvalue weighted by atomic mass is 9.90. The average molecular weight is 399 g/mol. The Morgan fingerprint density at radius 2 is 1.50 bits per heavy atom. The third-order valence-electron chi connectivity index (χ3n) is 5.49. The summed E-state index contributed by atoms with van der Waals surface area (Å²) < 4.78 is 0. The summed E-state index contributed by atoms with van der Waals surface area (Å²) in [7, 11) is 0. The van der Waals surface area contributed by atoms with Crippen LogP contribution in [-0.2, 0) is 4.79 Å². The van der Waals surface area contributed by atoms with Crippen LogP contribution in [0.25, 0.3) is 0 Å². The van der Waals surface area contributed by atoms with E-state index in [1.54, 1.807) is 11.8 Å². The van der Waals surface area contributed by atoms with E-state index in [1.807, 2.05) is 96.8 Å². The first-order chi connectivity index (χ1) is 14.6. The van der Waals surface area contributed by atoms with Gasteiger partial charge in [-0.1, -0.05) is 54.6 Å². The largest absolute Gasteiger partial charge is 0.326 e. The molecule has 4 rings (SSSR count). The van der Waals surface area contributed by atoms with E-state index in [4.69, 9.17) is 0 Å². The summed E-state index contributed by atoms with van der Waals surface area (Å²) in [4.78, 5) is 29.4. The fraction of sp³-hybridized carbons (Fsp3) is 0.200. The highest BCUT2D eigenvalue weighted by atomic mass is 16.2. The smallest absolute Gasteiger partial charge is 0.309 e. The van der Waals surface area contributed by atoms with Gasteiger partial charge in [-0.2, -0.15) is 0 Å². The zero-order chi connectivity index (χ0) is 21.1. The molecule has 1 heterocycles. The van der Waals surface area contributed by atoms with Crippen molar-refractivity contribution in [1.29, 1.82) is 0 Å². The van der Waals surface area contributed by atoms with Crippen LogP contribution in [0.3, 0.4) is 0 Å². The number of nitrogens with one attached hydrogen (secondary N) is 1. The zero-order valence-electron chi connectivity index (χ0n) is 17.2. The Morgan fingerprint density at radius 3 is 2.17 bits per heavy atom. The van der Waals surface area contributed by atoms with Gasteiger partial charge in [0, 0.05) is 30.0 Å². The van der Waals surface area contributed by atoms with Crippen LogP contribution < -0.4 is 15.1 Å². The van der Waals surface area contributed by atoms with Crippen molar-refractivity contribution in [2.24, 2.45) is 0 Å². The molecule has 30 heavy (non-hydrogen) atoms. The molecule has 152 valence electrons. The molecule has 3 aromatic carbocycles.